The molecule has 78 valence electrons. The summed E-state index contributed by atoms with van der Waals surface area (Å²) in [7, 11) is 0. The molecular weight excluding hydrogens is 176 g/mol. The number of hydrogen-bond donors (Lipinski definition) is 2. The summed E-state index contributed by atoms with van der Waals surface area (Å²) in [6.07, 6.45) is 9.60. The van der Waals surface area contributed by atoms with Gasteiger partial charge in [0.15, 0.2) is 0 Å². The minimum Gasteiger partial charge on any atom is -0.355 e. The first-order valence-corrected chi connectivity index (χ1v) is 5.20. The van der Waals surface area contributed by atoms with Crippen molar-refractivity contribution in [3.63, 3.8) is 0 Å². The van der Waals surface area contributed by atoms with Crippen molar-refractivity contribution in [3.8, 4) is 12.3 Å². The Morgan fingerprint density at radius 1 is 1.57 bits per heavy atom. The van der Waals surface area contributed by atoms with Crippen LogP contribution in [0.5, 0.6) is 0 Å². The molecule has 14 heavy (non-hydrogen) atoms. The normalized spacial score (nSPS) is 26.6. The first-order valence-electron chi connectivity index (χ1n) is 5.20. The zero-order valence-corrected chi connectivity index (χ0v) is 8.46. The second-order valence-electron chi connectivity index (χ2n) is 3.87. The summed E-state index contributed by atoms with van der Waals surface area (Å²) >= 11 is 0. The second kappa shape index (κ2) is 5.66. The average Bonchev–Trinajstić information content (AvgIpc) is 2.18. The van der Waals surface area contributed by atoms with Gasteiger partial charge in [0.2, 0.25) is 5.91 Å². The van der Waals surface area contributed by atoms with E-state index in [2.05, 4.69) is 11.2 Å². The Balaban J connectivity index is 2.26. The largest absolute Gasteiger partial charge is 0.355 e. The monoisotopic (exact) mass is 194 g/mol. The molecule has 1 saturated carbocycles. The lowest BCUT2D eigenvalue weighted by Crippen LogP contribution is -2.38. The molecule has 3 N–H and O–H groups in total. The number of amides is 1. The minimum absolute atomic E-state index is 0.108. The summed E-state index contributed by atoms with van der Waals surface area (Å²) < 4.78 is 0. The molecule has 3 heteroatoms. The highest BCUT2D eigenvalue weighted by Gasteiger charge is 2.24. The minimum atomic E-state index is 0.108. The van der Waals surface area contributed by atoms with Gasteiger partial charge in [-0.15, -0.1) is 12.3 Å². The van der Waals surface area contributed by atoms with Crippen LogP contribution in [0.2, 0.25) is 0 Å². The van der Waals surface area contributed by atoms with Crippen LogP contribution in [0.25, 0.3) is 0 Å². The predicted molar refractivity (Wildman–Crippen MR) is 56.4 cm³/mol. The molecule has 0 aromatic carbocycles. The zero-order chi connectivity index (χ0) is 10.4. The summed E-state index contributed by atoms with van der Waals surface area (Å²) in [5, 5.41) is 2.84. The molecular formula is C11H18N2O. The summed E-state index contributed by atoms with van der Waals surface area (Å²) in [5.74, 6) is 2.72. The highest BCUT2D eigenvalue weighted by molar-refractivity contribution is 5.78. The van der Waals surface area contributed by atoms with Gasteiger partial charge in [0.25, 0.3) is 0 Å². The molecule has 0 spiro atoms. The first kappa shape index (κ1) is 11.1. The Hall–Kier alpha value is -1.01. The molecule has 0 radical (unpaired) electrons. The molecule has 1 rings (SSSR count). The average molecular weight is 194 g/mol. The highest BCUT2D eigenvalue weighted by Crippen LogP contribution is 2.22. The van der Waals surface area contributed by atoms with E-state index >= 15 is 0 Å². The van der Waals surface area contributed by atoms with Crippen LogP contribution >= 0.6 is 0 Å². The smallest absolute Gasteiger partial charge is 0.223 e. The van der Waals surface area contributed by atoms with E-state index in [1.807, 2.05) is 0 Å². The molecule has 1 amide bonds. The van der Waals surface area contributed by atoms with Crippen molar-refractivity contribution < 1.29 is 4.79 Å². The molecule has 0 saturated heterocycles. The summed E-state index contributed by atoms with van der Waals surface area (Å²) in [6.45, 7) is 0.584. The Bertz CT molecular complexity index is 232. The Labute approximate surface area is 85.4 Å². The van der Waals surface area contributed by atoms with Gasteiger partial charge in [-0.1, -0.05) is 6.42 Å². The molecule has 0 bridgehead atoms. The summed E-state index contributed by atoms with van der Waals surface area (Å²) in [5.41, 5.74) is 5.81. The van der Waals surface area contributed by atoms with Crippen molar-refractivity contribution in [2.24, 2.45) is 11.7 Å². The number of carbonyl (C=O) groups is 1. The van der Waals surface area contributed by atoms with Crippen LogP contribution in [0.15, 0.2) is 0 Å². The third-order valence-corrected chi connectivity index (χ3v) is 2.65. The topological polar surface area (TPSA) is 55.1 Å². The van der Waals surface area contributed by atoms with Crippen LogP contribution in [0.4, 0.5) is 0 Å². The molecule has 1 fully saturated rings. The molecule has 0 heterocycles. The maximum atomic E-state index is 11.6. The van der Waals surface area contributed by atoms with Gasteiger partial charge in [-0.25, -0.2) is 0 Å². The lowest BCUT2D eigenvalue weighted by atomic mass is 9.85. The first-order chi connectivity index (χ1) is 6.74. The lowest BCUT2D eigenvalue weighted by molar-refractivity contribution is -0.126. The maximum absolute atomic E-state index is 11.6. The molecule has 0 aliphatic heterocycles. The summed E-state index contributed by atoms with van der Waals surface area (Å²) in [6, 6.07) is 0.201. The van der Waals surface area contributed by atoms with Gasteiger partial charge in [0.05, 0.1) is 0 Å². The van der Waals surface area contributed by atoms with Crippen molar-refractivity contribution in [3.05, 3.63) is 0 Å². The van der Waals surface area contributed by atoms with Crippen molar-refractivity contribution in [2.45, 2.75) is 38.1 Å². The van der Waals surface area contributed by atoms with E-state index < -0.39 is 0 Å². The van der Waals surface area contributed by atoms with Crippen LogP contribution in [0.3, 0.4) is 0 Å². The number of hydrogen-bond acceptors (Lipinski definition) is 2. The van der Waals surface area contributed by atoms with Crippen molar-refractivity contribution in [1.82, 2.24) is 5.32 Å². The molecule has 3 nitrogen and oxygen atoms in total. The Morgan fingerprint density at radius 2 is 2.36 bits per heavy atom. The summed E-state index contributed by atoms with van der Waals surface area (Å²) in [4.78, 5) is 11.6. The Morgan fingerprint density at radius 3 is 3.00 bits per heavy atom. The molecule has 0 aromatic rings. The number of nitrogens with two attached hydrogens (primary N) is 1. The molecule has 2 atom stereocenters. The van der Waals surface area contributed by atoms with E-state index in [-0.39, 0.29) is 17.9 Å². The van der Waals surface area contributed by atoms with Crippen LogP contribution in [0, 0.1) is 18.3 Å². The number of nitrogens with one attached hydrogen (secondary N) is 1. The van der Waals surface area contributed by atoms with Gasteiger partial charge in [-0.2, -0.15) is 0 Å². The molecule has 1 aliphatic carbocycles. The van der Waals surface area contributed by atoms with Crippen LogP contribution < -0.4 is 11.1 Å². The van der Waals surface area contributed by atoms with E-state index in [4.69, 9.17) is 12.2 Å². The number of terminal acetylenes is 1. The second-order valence-corrected chi connectivity index (χ2v) is 3.87. The third-order valence-electron chi connectivity index (χ3n) is 2.65. The van der Waals surface area contributed by atoms with Gasteiger partial charge in [-0.05, 0) is 19.3 Å². The van der Waals surface area contributed by atoms with Gasteiger partial charge in [0.1, 0.15) is 0 Å². The quantitative estimate of drug-likeness (QED) is 0.512. The fourth-order valence-corrected chi connectivity index (χ4v) is 1.87. The third kappa shape index (κ3) is 3.39. The van der Waals surface area contributed by atoms with E-state index in [1.54, 1.807) is 0 Å². The zero-order valence-electron chi connectivity index (χ0n) is 8.46. The lowest BCUT2D eigenvalue weighted by Gasteiger charge is -2.25. The predicted octanol–water partition coefficient (Wildman–Crippen LogP) is 0.643. The van der Waals surface area contributed by atoms with Crippen LogP contribution in [-0.4, -0.2) is 18.5 Å². The fourth-order valence-electron chi connectivity index (χ4n) is 1.87. The van der Waals surface area contributed by atoms with Gasteiger partial charge in [-0.3, -0.25) is 4.79 Å². The van der Waals surface area contributed by atoms with Crippen molar-refractivity contribution in [2.75, 3.05) is 6.54 Å². The van der Waals surface area contributed by atoms with Gasteiger partial charge >= 0.3 is 0 Å². The van der Waals surface area contributed by atoms with E-state index in [0.29, 0.717) is 13.0 Å². The van der Waals surface area contributed by atoms with Crippen LogP contribution in [-0.2, 0) is 4.79 Å². The maximum Gasteiger partial charge on any atom is 0.223 e. The molecule has 1 aliphatic rings. The molecule has 0 aromatic heterocycles. The standard InChI is InChI=1S/C11H18N2O/c1-2-3-7-13-11(14)9-5-4-6-10(12)8-9/h1,9-10H,3-8,12H2,(H,13,14). The van der Waals surface area contributed by atoms with Gasteiger partial charge < -0.3 is 11.1 Å². The molecule has 2 unspecified atom stereocenters. The van der Waals surface area contributed by atoms with Crippen molar-refractivity contribution >= 4 is 5.91 Å². The van der Waals surface area contributed by atoms with E-state index in [0.717, 1.165) is 25.7 Å². The van der Waals surface area contributed by atoms with E-state index in [1.165, 1.54) is 0 Å². The highest BCUT2D eigenvalue weighted by atomic mass is 16.1. The number of carbonyl (C=O) groups excluding carboxylic acids is 1. The van der Waals surface area contributed by atoms with E-state index in [9.17, 15) is 4.79 Å². The Kier molecular flexibility index (Phi) is 4.48. The SMILES string of the molecule is C#CCCNC(=O)C1CCCC(N)C1. The van der Waals surface area contributed by atoms with Crippen molar-refractivity contribution in [1.29, 1.82) is 0 Å². The fraction of sp³-hybridized carbons (Fsp3) is 0.727. The number of rotatable bonds is 3. The van der Waals surface area contributed by atoms with Crippen LogP contribution in [0.1, 0.15) is 32.1 Å². The van der Waals surface area contributed by atoms with Gasteiger partial charge in [0, 0.05) is 24.9 Å².